The molecule has 2 atom stereocenters. The molecule has 4 rings (SSSR count). The Hall–Kier alpha value is -3.43. The Morgan fingerprint density at radius 1 is 0.404 bits per heavy atom. The van der Waals surface area contributed by atoms with Crippen LogP contribution in [0.25, 0.3) is 10.6 Å². The Balaban J connectivity index is 0.00000600. The van der Waals surface area contributed by atoms with Crippen LogP contribution in [0.2, 0.25) is 0 Å². The predicted molar refractivity (Wildman–Crippen MR) is 149 cm³/mol. The van der Waals surface area contributed by atoms with Crippen molar-refractivity contribution in [3.63, 3.8) is 0 Å². The van der Waals surface area contributed by atoms with E-state index >= 15 is 0 Å². The predicted octanol–water partition coefficient (Wildman–Crippen LogP) is 11.8. The van der Waals surface area contributed by atoms with Crippen molar-refractivity contribution >= 4 is 36.6 Å². The zero-order chi connectivity index (χ0) is 34.2. The monoisotopic (exact) mass is 754 g/mol. The van der Waals surface area contributed by atoms with Gasteiger partial charge in [0.25, 0.3) is 0 Å². The normalized spacial score (nSPS) is 13.8. The molecule has 0 aliphatic rings. The quantitative estimate of drug-likeness (QED) is 0.107. The average Bonchev–Trinajstić information content (AvgIpc) is 2.94. The topological polar surface area (TPSA) is 28.2 Å². The van der Waals surface area contributed by atoms with E-state index in [1.54, 1.807) is 0 Å². The fraction of sp³-hybridized carbons (Fsp3) is 0.200. The van der Waals surface area contributed by atoms with Gasteiger partial charge in [-0.1, -0.05) is 60.7 Å². The van der Waals surface area contributed by atoms with Crippen LogP contribution >= 0.6 is 0 Å². The molecule has 0 aromatic heterocycles. The van der Waals surface area contributed by atoms with Gasteiger partial charge in [-0.2, -0.15) is 73.9 Å². The Labute approximate surface area is 280 Å². The molecule has 0 fully saturated rings. The molecular weight excluding hydrogens is 739 g/mol. The van der Waals surface area contributed by atoms with Crippen LogP contribution in [-0.4, -0.2) is 0 Å². The maximum Gasteiger partial charge on any atom is 0.416 e. The SMILES string of the molecule is FC(F)(F)c1cccc(C(F)(F)F)c1C([N-]c1ccccc1[S-])C([N-]c1ccccc1[S-])c1c(C(F)(F)F)cccc1C(F)(F)F.[Ni]. The molecule has 256 valence electrons. The number of hydrogen-bond donors (Lipinski definition) is 0. The molecule has 0 heterocycles. The maximum absolute atomic E-state index is 14.5. The van der Waals surface area contributed by atoms with Crippen LogP contribution in [-0.2, 0) is 66.5 Å². The van der Waals surface area contributed by atoms with E-state index in [2.05, 4.69) is 10.6 Å². The van der Waals surface area contributed by atoms with Gasteiger partial charge in [0.05, 0.1) is 22.3 Å². The van der Waals surface area contributed by atoms with Crippen molar-refractivity contribution in [2.24, 2.45) is 0 Å². The van der Waals surface area contributed by atoms with Gasteiger partial charge in [0.2, 0.25) is 0 Å². The first kappa shape index (κ1) is 38.0. The van der Waals surface area contributed by atoms with Crippen LogP contribution in [0.1, 0.15) is 45.5 Å². The minimum absolute atomic E-state index is 0. The Kier molecular flexibility index (Phi) is 11.3. The molecule has 4 aromatic carbocycles. The van der Waals surface area contributed by atoms with Gasteiger partial charge < -0.3 is 35.9 Å². The smallest absolute Gasteiger partial charge is 0.416 e. The van der Waals surface area contributed by atoms with Crippen LogP contribution in [0.3, 0.4) is 0 Å². The summed E-state index contributed by atoms with van der Waals surface area (Å²) < 4.78 is 173. The van der Waals surface area contributed by atoms with Gasteiger partial charge >= 0.3 is 24.7 Å². The van der Waals surface area contributed by atoms with E-state index in [4.69, 9.17) is 25.3 Å². The van der Waals surface area contributed by atoms with Gasteiger partial charge in [-0.25, -0.2) is 0 Å². The Morgan fingerprint density at radius 3 is 0.894 bits per heavy atom. The van der Waals surface area contributed by atoms with Gasteiger partial charge in [0.1, 0.15) is 0 Å². The molecule has 0 amide bonds. The maximum atomic E-state index is 14.5. The summed E-state index contributed by atoms with van der Waals surface area (Å²) in [5, 5.41) is 7.92. The molecule has 0 aliphatic heterocycles. The molecule has 2 nitrogen and oxygen atoms in total. The van der Waals surface area contributed by atoms with Crippen molar-refractivity contribution in [2.75, 3.05) is 0 Å². The fourth-order valence-electron chi connectivity index (χ4n) is 4.77. The summed E-state index contributed by atoms with van der Waals surface area (Å²) in [4.78, 5) is -0.541. The van der Waals surface area contributed by atoms with Crippen LogP contribution in [0.5, 0.6) is 0 Å². The minimum atomic E-state index is -5.59. The third kappa shape index (κ3) is 8.54. The molecule has 0 spiro atoms. The first-order valence-electron chi connectivity index (χ1n) is 12.7. The first-order chi connectivity index (χ1) is 21.2. The molecule has 0 N–H and O–H groups in total. The molecule has 0 bridgehead atoms. The Bertz CT molecular complexity index is 1510. The number of benzene rings is 4. The van der Waals surface area contributed by atoms with Gasteiger partial charge in [0.15, 0.2) is 0 Å². The third-order valence-electron chi connectivity index (χ3n) is 6.61. The molecule has 0 saturated carbocycles. The number of alkyl halides is 12. The third-order valence-corrected chi connectivity index (χ3v) is 7.30. The van der Waals surface area contributed by atoms with E-state index in [1.807, 2.05) is 0 Å². The van der Waals surface area contributed by atoms with Crippen molar-refractivity contribution in [1.82, 2.24) is 0 Å². The molecule has 47 heavy (non-hydrogen) atoms. The van der Waals surface area contributed by atoms with Crippen LogP contribution in [0.4, 0.5) is 64.1 Å². The Morgan fingerprint density at radius 2 is 0.660 bits per heavy atom. The summed E-state index contributed by atoms with van der Waals surface area (Å²) in [6.07, 6.45) is -22.4. The number of rotatable bonds is 7. The van der Waals surface area contributed by atoms with E-state index in [9.17, 15) is 52.7 Å². The molecule has 4 aromatic rings. The zero-order valence-electron chi connectivity index (χ0n) is 22.8. The van der Waals surface area contributed by atoms with Gasteiger partial charge in [-0.05, 0) is 35.4 Å². The molecule has 17 heteroatoms. The number of nitrogens with zero attached hydrogens (tertiary/aromatic N) is 2. The van der Waals surface area contributed by atoms with Crippen molar-refractivity contribution in [3.05, 3.63) is 129 Å². The fourth-order valence-corrected chi connectivity index (χ4v) is 5.17. The zero-order valence-corrected chi connectivity index (χ0v) is 25.4. The summed E-state index contributed by atoms with van der Waals surface area (Å²) >= 11 is 10.2. The standard InChI is InChI=1S/C30H18F12N2S2.Ni/c31-27(32,33)15-7-5-8-16(28(34,35)36)23(15)25(43-19-11-1-3-13-21(19)45)26(44-20-12-2-4-14-22(20)46)24-17(29(37,38)39)9-6-10-18(24)30(40,41)42;/h1-14,25-26,45-46H;/q-2;/p-2. The number of para-hydroxylation sites is 2. The first-order valence-corrected chi connectivity index (χ1v) is 13.5. The van der Waals surface area contributed by atoms with Crippen LogP contribution < -0.4 is 0 Å². The van der Waals surface area contributed by atoms with Gasteiger partial charge in [-0.15, -0.1) is 12.1 Å². The second-order valence-corrected chi connectivity index (χ2v) is 10.5. The summed E-state index contributed by atoms with van der Waals surface area (Å²) in [5.41, 5.74) is -12.5. The minimum Gasteiger partial charge on any atom is -0.781 e. The van der Waals surface area contributed by atoms with Crippen molar-refractivity contribution in [3.8, 4) is 0 Å². The number of hydrogen-bond acceptors (Lipinski definition) is 2. The molecule has 2 unspecified atom stereocenters. The van der Waals surface area contributed by atoms with E-state index < -0.39 is 81.5 Å². The van der Waals surface area contributed by atoms with Crippen molar-refractivity contribution < 1.29 is 69.2 Å². The van der Waals surface area contributed by atoms with E-state index in [0.29, 0.717) is 12.1 Å². The summed E-state index contributed by atoms with van der Waals surface area (Å²) in [6.45, 7) is 0. The summed E-state index contributed by atoms with van der Waals surface area (Å²) in [6, 6.07) is 5.54. The van der Waals surface area contributed by atoms with Crippen LogP contribution in [0, 0.1) is 0 Å². The molecule has 0 radical (unpaired) electrons. The molecule has 0 saturated heterocycles. The van der Waals surface area contributed by atoms with E-state index in [-0.39, 0.29) is 50.5 Å². The second kappa shape index (κ2) is 14.0. The van der Waals surface area contributed by atoms with Crippen molar-refractivity contribution in [2.45, 2.75) is 46.6 Å². The molecule has 0 aliphatic carbocycles. The average molecular weight is 755 g/mol. The largest absolute Gasteiger partial charge is 0.781 e. The van der Waals surface area contributed by atoms with Crippen LogP contribution in [0.15, 0.2) is 94.7 Å². The summed E-state index contributed by atoms with van der Waals surface area (Å²) in [5.74, 6) is 0. The summed E-state index contributed by atoms with van der Waals surface area (Å²) in [7, 11) is 0. The molecular formula is C30H16F12N2NiS2-4. The van der Waals surface area contributed by atoms with E-state index in [1.165, 1.54) is 36.4 Å². The van der Waals surface area contributed by atoms with Crippen molar-refractivity contribution in [1.29, 1.82) is 0 Å². The second-order valence-electron chi connectivity index (χ2n) is 9.61. The van der Waals surface area contributed by atoms with E-state index in [0.717, 1.165) is 12.1 Å². The van der Waals surface area contributed by atoms with Gasteiger partial charge in [-0.3, -0.25) is 0 Å². The number of halogens is 12. The van der Waals surface area contributed by atoms with Gasteiger partial charge in [0, 0.05) is 16.5 Å².